The number of amides is 1. The molecule has 168 valence electrons. The van der Waals surface area contributed by atoms with E-state index in [0.29, 0.717) is 28.8 Å². The fourth-order valence-electron chi connectivity index (χ4n) is 3.60. The maximum atomic E-state index is 12.8. The van der Waals surface area contributed by atoms with Crippen molar-refractivity contribution >= 4 is 22.8 Å². The van der Waals surface area contributed by atoms with Gasteiger partial charge in [-0.05, 0) is 30.7 Å². The van der Waals surface area contributed by atoms with Gasteiger partial charge in [0.2, 0.25) is 0 Å². The maximum Gasteiger partial charge on any atom is 0.303 e. The predicted molar refractivity (Wildman–Crippen MR) is 125 cm³/mol. The molecule has 0 aliphatic rings. The first kappa shape index (κ1) is 21.9. The number of hydrogen-bond donors (Lipinski definition) is 3. The van der Waals surface area contributed by atoms with Gasteiger partial charge in [-0.15, -0.1) is 0 Å². The lowest BCUT2D eigenvalue weighted by atomic mass is 10.0. The summed E-state index contributed by atoms with van der Waals surface area (Å²) in [5.41, 5.74) is 1.78. The number of fused-ring (bicyclic) bond motifs is 1. The minimum atomic E-state index is -0.917. The van der Waals surface area contributed by atoms with Gasteiger partial charge in [0.15, 0.2) is 0 Å². The third-order valence-corrected chi connectivity index (χ3v) is 5.21. The molecule has 8 heteroatoms. The van der Waals surface area contributed by atoms with Gasteiger partial charge in [0.05, 0.1) is 0 Å². The molecular weight excluding hydrogens is 422 g/mol. The van der Waals surface area contributed by atoms with Crippen molar-refractivity contribution in [1.82, 2.24) is 14.9 Å². The van der Waals surface area contributed by atoms with E-state index in [9.17, 15) is 14.4 Å². The van der Waals surface area contributed by atoms with Gasteiger partial charge in [-0.1, -0.05) is 36.4 Å². The second kappa shape index (κ2) is 9.44. The first-order valence-corrected chi connectivity index (χ1v) is 10.5. The summed E-state index contributed by atoms with van der Waals surface area (Å²) >= 11 is 0. The van der Waals surface area contributed by atoms with E-state index in [-0.39, 0.29) is 24.2 Å². The van der Waals surface area contributed by atoms with Crippen molar-refractivity contribution in [1.29, 1.82) is 0 Å². The first-order valence-electron chi connectivity index (χ1n) is 10.5. The molecule has 0 bridgehead atoms. The highest BCUT2D eigenvalue weighted by molar-refractivity contribution is 6.03. The molecule has 2 aromatic carbocycles. The van der Waals surface area contributed by atoms with Crippen LogP contribution in [0.15, 0.2) is 71.7 Å². The highest BCUT2D eigenvalue weighted by Crippen LogP contribution is 2.36. The number of aromatic nitrogens is 2. The summed E-state index contributed by atoms with van der Waals surface area (Å²) in [7, 11) is 1.65. The van der Waals surface area contributed by atoms with Crippen LogP contribution in [0.4, 0.5) is 0 Å². The third kappa shape index (κ3) is 4.79. The zero-order chi connectivity index (χ0) is 23.4. The Hall–Kier alpha value is -4.33. The van der Waals surface area contributed by atoms with Crippen LogP contribution in [0.3, 0.4) is 0 Å². The smallest absolute Gasteiger partial charge is 0.303 e. The van der Waals surface area contributed by atoms with Crippen molar-refractivity contribution in [2.45, 2.75) is 12.8 Å². The van der Waals surface area contributed by atoms with Gasteiger partial charge >= 0.3 is 5.97 Å². The van der Waals surface area contributed by atoms with E-state index in [1.165, 1.54) is 4.57 Å². The Bertz CT molecular complexity index is 1370. The zero-order valence-corrected chi connectivity index (χ0v) is 18.0. The molecule has 0 aliphatic carbocycles. The van der Waals surface area contributed by atoms with Gasteiger partial charge in [0, 0.05) is 42.7 Å². The Morgan fingerprint density at radius 1 is 1.06 bits per heavy atom. The Labute approximate surface area is 189 Å². The molecule has 0 fully saturated rings. The number of carbonyl (C=O) groups is 2. The number of aryl methyl sites for hydroxylation is 1. The highest BCUT2D eigenvalue weighted by Gasteiger charge is 2.18. The summed E-state index contributed by atoms with van der Waals surface area (Å²) in [6.07, 6.45) is 2.01. The van der Waals surface area contributed by atoms with Crippen LogP contribution in [0.25, 0.3) is 22.0 Å². The highest BCUT2D eigenvalue weighted by atomic mass is 16.5. The van der Waals surface area contributed by atoms with Gasteiger partial charge in [-0.2, -0.15) is 0 Å². The van der Waals surface area contributed by atoms with Gasteiger partial charge in [-0.3, -0.25) is 14.4 Å². The number of nitrogens with one attached hydrogen (secondary N) is 2. The van der Waals surface area contributed by atoms with E-state index < -0.39 is 11.9 Å². The normalized spacial score (nSPS) is 10.8. The fourth-order valence-corrected chi connectivity index (χ4v) is 3.60. The van der Waals surface area contributed by atoms with E-state index in [2.05, 4.69) is 10.3 Å². The third-order valence-electron chi connectivity index (χ3n) is 5.21. The van der Waals surface area contributed by atoms with Crippen molar-refractivity contribution in [3.05, 3.63) is 82.9 Å². The Morgan fingerprint density at radius 2 is 1.79 bits per heavy atom. The number of aliphatic carboxylic acids is 1. The fraction of sp³-hybridized carbons (Fsp3) is 0.160. The van der Waals surface area contributed by atoms with Crippen LogP contribution in [-0.2, 0) is 11.8 Å². The minimum absolute atomic E-state index is 0.0319. The molecule has 2 aromatic heterocycles. The number of benzene rings is 2. The average Bonchev–Trinajstić information content (AvgIpc) is 3.26. The van der Waals surface area contributed by atoms with Gasteiger partial charge < -0.3 is 24.7 Å². The average molecular weight is 445 g/mol. The van der Waals surface area contributed by atoms with E-state index in [1.807, 2.05) is 54.6 Å². The summed E-state index contributed by atoms with van der Waals surface area (Å²) in [4.78, 5) is 38.9. The second-order valence-corrected chi connectivity index (χ2v) is 7.59. The molecule has 1 amide bonds. The lowest BCUT2D eigenvalue weighted by Gasteiger charge is -2.13. The van der Waals surface area contributed by atoms with E-state index in [4.69, 9.17) is 9.84 Å². The number of carbonyl (C=O) groups excluding carboxylic acids is 1. The van der Waals surface area contributed by atoms with Crippen LogP contribution in [0.1, 0.15) is 23.3 Å². The lowest BCUT2D eigenvalue weighted by molar-refractivity contribution is -0.137. The minimum Gasteiger partial charge on any atom is -0.481 e. The predicted octanol–water partition coefficient (Wildman–Crippen LogP) is 3.92. The summed E-state index contributed by atoms with van der Waals surface area (Å²) in [6.45, 7) is 0.221. The van der Waals surface area contributed by atoms with Crippen LogP contribution in [0.5, 0.6) is 11.5 Å². The van der Waals surface area contributed by atoms with Crippen molar-refractivity contribution < 1.29 is 19.4 Å². The molecule has 4 aromatic rings. The number of hydrogen-bond acceptors (Lipinski definition) is 4. The van der Waals surface area contributed by atoms with Crippen molar-refractivity contribution in [2.24, 2.45) is 7.05 Å². The first-order chi connectivity index (χ1) is 15.9. The van der Waals surface area contributed by atoms with Gasteiger partial charge in [-0.25, -0.2) is 0 Å². The topological polar surface area (TPSA) is 113 Å². The largest absolute Gasteiger partial charge is 0.481 e. The van der Waals surface area contributed by atoms with E-state index in [1.54, 1.807) is 19.3 Å². The molecule has 2 heterocycles. The van der Waals surface area contributed by atoms with Gasteiger partial charge in [0.25, 0.3) is 11.5 Å². The zero-order valence-electron chi connectivity index (χ0n) is 18.0. The van der Waals surface area contributed by atoms with Crippen LogP contribution >= 0.6 is 0 Å². The number of carboxylic acids is 1. The van der Waals surface area contributed by atoms with E-state index >= 15 is 0 Å². The lowest BCUT2D eigenvalue weighted by Crippen LogP contribution is -2.25. The van der Waals surface area contributed by atoms with Crippen molar-refractivity contribution in [3.63, 3.8) is 0 Å². The number of rotatable bonds is 8. The number of pyridine rings is 1. The second-order valence-electron chi connectivity index (χ2n) is 7.59. The molecule has 0 saturated carbocycles. The summed E-state index contributed by atoms with van der Waals surface area (Å²) in [6, 6.07) is 18.5. The molecule has 0 atom stereocenters. The number of para-hydroxylation sites is 2. The van der Waals surface area contributed by atoms with E-state index in [0.717, 1.165) is 11.1 Å². The Kier molecular flexibility index (Phi) is 6.26. The SMILES string of the molecule is Cn1cc(-c2ccccc2Oc2ccccc2)c2cc(C(=O)NCCCC(=O)O)[nH]c2c1=O. The molecule has 0 aliphatic heterocycles. The molecule has 8 nitrogen and oxygen atoms in total. The number of nitrogens with zero attached hydrogens (tertiary/aromatic N) is 1. The van der Waals surface area contributed by atoms with Crippen LogP contribution < -0.4 is 15.6 Å². The molecular formula is C25H23N3O5. The number of H-pyrrole nitrogens is 1. The quantitative estimate of drug-likeness (QED) is 0.356. The molecule has 0 unspecified atom stereocenters. The number of carboxylic acid groups (broad SMARTS) is 1. The number of aromatic amines is 1. The molecule has 3 N–H and O–H groups in total. The summed E-state index contributed by atoms with van der Waals surface area (Å²) in [5, 5.41) is 12.0. The van der Waals surface area contributed by atoms with Crippen LogP contribution in [-0.4, -0.2) is 33.1 Å². The summed E-state index contributed by atoms with van der Waals surface area (Å²) in [5.74, 6) is -0.0242. The molecule has 0 radical (unpaired) electrons. The van der Waals surface area contributed by atoms with Gasteiger partial charge in [0.1, 0.15) is 22.7 Å². The Balaban J connectivity index is 1.72. The molecule has 0 spiro atoms. The maximum absolute atomic E-state index is 12.8. The Morgan fingerprint density at radius 3 is 2.55 bits per heavy atom. The van der Waals surface area contributed by atoms with Crippen molar-refractivity contribution in [2.75, 3.05) is 6.54 Å². The molecule has 4 rings (SSSR count). The van der Waals surface area contributed by atoms with Crippen molar-refractivity contribution in [3.8, 4) is 22.6 Å². The monoisotopic (exact) mass is 445 g/mol. The molecule has 0 saturated heterocycles. The van der Waals surface area contributed by atoms with Crippen LogP contribution in [0.2, 0.25) is 0 Å². The summed E-state index contributed by atoms with van der Waals surface area (Å²) < 4.78 is 7.56. The standard InChI is InChI=1S/C25H23N3O5/c1-28-15-19(17-10-5-6-11-21(17)33-16-8-3-2-4-9-16)18-14-20(27-23(18)25(28)32)24(31)26-13-7-12-22(29)30/h2-6,8-11,14-15,27H,7,12-13H2,1H3,(H,26,31)(H,29,30). The number of ether oxygens (including phenoxy) is 1. The molecule has 33 heavy (non-hydrogen) atoms. The van der Waals surface area contributed by atoms with Crippen LogP contribution in [0, 0.1) is 0 Å².